The zero-order chi connectivity index (χ0) is 19.6. The van der Waals surface area contributed by atoms with E-state index in [0.717, 1.165) is 0 Å². The number of carbonyl (C=O) groups excluding carboxylic acids is 1. The van der Waals surface area contributed by atoms with Gasteiger partial charge >= 0.3 is 13.2 Å². The van der Waals surface area contributed by atoms with Crippen LogP contribution in [0, 0.1) is 5.95 Å². The van der Waals surface area contributed by atoms with Crippen LogP contribution < -0.4 is 5.46 Å². The number of hydrogen-bond acceptors (Lipinski definition) is 6. The van der Waals surface area contributed by atoms with Crippen molar-refractivity contribution in [1.29, 1.82) is 0 Å². The normalized spacial score (nSPS) is 20.0. The molecule has 1 aliphatic rings. The van der Waals surface area contributed by atoms with Gasteiger partial charge in [0.15, 0.2) is 0 Å². The summed E-state index contributed by atoms with van der Waals surface area (Å²) in [4.78, 5) is 19.7. The second-order valence-corrected chi connectivity index (χ2v) is 7.71. The first-order valence-electron chi connectivity index (χ1n) is 8.74. The maximum absolute atomic E-state index is 13.6. The van der Waals surface area contributed by atoms with Gasteiger partial charge in [-0.3, -0.25) is 4.90 Å². The maximum Gasteiger partial charge on any atom is 0.493 e. The van der Waals surface area contributed by atoms with Gasteiger partial charge in [-0.1, -0.05) is 6.07 Å². The van der Waals surface area contributed by atoms with Crippen molar-refractivity contribution in [2.45, 2.75) is 52.3 Å². The van der Waals surface area contributed by atoms with Crippen molar-refractivity contribution in [3.8, 4) is 0 Å². The van der Waals surface area contributed by atoms with Crippen LogP contribution in [-0.2, 0) is 4.74 Å². The first kappa shape index (κ1) is 20.6. The Balaban J connectivity index is 2.07. The van der Waals surface area contributed by atoms with Crippen LogP contribution in [0.25, 0.3) is 0 Å². The molecule has 1 unspecified atom stereocenters. The van der Waals surface area contributed by atoms with Crippen LogP contribution in [0.4, 0.5) is 9.18 Å². The first-order chi connectivity index (χ1) is 12.0. The van der Waals surface area contributed by atoms with Crippen molar-refractivity contribution in [2.75, 3.05) is 19.6 Å². The van der Waals surface area contributed by atoms with E-state index >= 15 is 0 Å². The molecule has 0 aliphatic carbocycles. The molecule has 0 saturated carbocycles. The third kappa shape index (κ3) is 4.93. The molecule has 1 saturated heterocycles. The first-order valence-corrected chi connectivity index (χ1v) is 8.74. The number of aromatic nitrogens is 1. The Bertz CT molecular complexity index is 653. The number of amides is 1. The summed E-state index contributed by atoms with van der Waals surface area (Å²) in [6.45, 7) is 11.1. The van der Waals surface area contributed by atoms with Crippen LogP contribution in [0.5, 0.6) is 0 Å². The van der Waals surface area contributed by atoms with E-state index < -0.39 is 18.7 Å². The van der Waals surface area contributed by atoms with Crippen molar-refractivity contribution in [1.82, 2.24) is 14.8 Å². The van der Waals surface area contributed by atoms with Gasteiger partial charge in [-0.15, -0.1) is 0 Å². The van der Waals surface area contributed by atoms with Crippen LogP contribution in [0.3, 0.4) is 0 Å². The van der Waals surface area contributed by atoms with Crippen LogP contribution in [0.2, 0.25) is 0 Å². The van der Waals surface area contributed by atoms with Gasteiger partial charge < -0.3 is 19.7 Å². The van der Waals surface area contributed by atoms with Crippen molar-refractivity contribution >= 4 is 18.7 Å². The average Bonchev–Trinajstić information content (AvgIpc) is 2.52. The van der Waals surface area contributed by atoms with Crippen LogP contribution >= 0.6 is 0 Å². The molecule has 7 nitrogen and oxygen atoms in total. The molecule has 1 amide bonds. The van der Waals surface area contributed by atoms with Crippen LogP contribution in [0.15, 0.2) is 12.3 Å². The third-order valence-corrected chi connectivity index (χ3v) is 4.48. The lowest BCUT2D eigenvalue weighted by Crippen LogP contribution is -2.55. The van der Waals surface area contributed by atoms with E-state index in [0.29, 0.717) is 25.2 Å². The summed E-state index contributed by atoms with van der Waals surface area (Å²) < 4.78 is 19.0. The van der Waals surface area contributed by atoms with E-state index in [9.17, 15) is 19.2 Å². The lowest BCUT2D eigenvalue weighted by atomic mass is 9.80. The predicted octanol–water partition coefficient (Wildman–Crippen LogP) is 0.903. The van der Waals surface area contributed by atoms with E-state index in [-0.39, 0.29) is 23.6 Å². The SMILES string of the molecule is CC1CN(C(=O)OC(C)(C)C)CCN1[C@@H](C)c1cnc(F)c(B(O)O)c1. The van der Waals surface area contributed by atoms with E-state index in [1.165, 1.54) is 12.3 Å². The van der Waals surface area contributed by atoms with E-state index in [2.05, 4.69) is 9.88 Å². The summed E-state index contributed by atoms with van der Waals surface area (Å²) in [6, 6.07) is 1.36. The number of piperazine rings is 1. The van der Waals surface area contributed by atoms with Gasteiger partial charge in [-0.05, 0) is 40.2 Å². The van der Waals surface area contributed by atoms with Gasteiger partial charge in [0.1, 0.15) is 5.60 Å². The quantitative estimate of drug-likeness (QED) is 0.610. The highest BCUT2D eigenvalue weighted by Gasteiger charge is 2.33. The van der Waals surface area contributed by atoms with Crippen molar-refractivity contribution < 1.29 is 24.0 Å². The van der Waals surface area contributed by atoms with Crippen molar-refractivity contribution in [3.63, 3.8) is 0 Å². The van der Waals surface area contributed by atoms with E-state index in [1.54, 1.807) is 4.90 Å². The fourth-order valence-electron chi connectivity index (χ4n) is 3.12. The highest BCUT2D eigenvalue weighted by molar-refractivity contribution is 6.58. The second-order valence-electron chi connectivity index (χ2n) is 7.71. The molecule has 0 aromatic carbocycles. The second kappa shape index (κ2) is 7.90. The molecule has 0 radical (unpaired) electrons. The highest BCUT2D eigenvalue weighted by atomic mass is 19.1. The Morgan fingerprint density at radius 3 is 2.62 bits per heavy atom. The molecule has 2 rings (SSSR count). The van der Waals surface area contributed by atoms with Gasteiger partial charge in [0, 0.05) is 43.4 Å². The van der Waals surface area contributed by atoms with Gasteiger partial charge in [0.05, 0.1) is 0 Å². The average molecular weight is 367 g/mol. The van der Waals surface area contributed by atoms with Gasteiger partial charge in [0.2, 0.25) is 5.95 Å². The number of pyridine rings is 1. The molecule has 0 spiro atoms. The monoisotopic (exact) mass is 367 g/mol. The highest BCUT2D eigenvalue weighted by Crippen LogP contribution is 2.25. The molecular formula is C17H27BFN3O4. The molecular weight excluding hydrogens is 340 g/mol. The van der Waals surface area contributed by atoms with Gasteiger partial charge in [-0.2, -0.15) is 4.39 Å². The largest absolute Gasteiger partial charge is 0.493 e. The predicted molar refractivity (Wildman–Crippen MR) is 96.4 cm³/mol. The fraction of sp³-hybridized carbons (Fsp3) is 0.647. The Morgan fingerprint density at radius 1 is 1.42 bits per heavy atom. The molecule has 2 heterocycles. The summed E-state index contributed by atoms with van der Waals surface area (Å²) in [7, 11) is -1.91. The van der Waals surface area contributed by atoms with E-state index in [4.69, 9.17) is 4.74 Å². The van der Waals surface area contributed by atoms with E-state index in [1.807, 2.05) is 34.6 Å². The van der Waals surface area contributed by atoms with Crippen LogP contribution in [-0.4, -0.2) is 69.3 Å². The summed E-state index contributed by atoms with van der Waals surface area (Å²) in [5.74, 6) is -0.890. The van der Waals surface area contributed by atoms with Crippen molar-refractivity contribution in [2.24, 2.45) is 0 Å². The topological polar surface area (TPSA) is 86.1 Å². The zero-order valence-electron chi connectivity index (χ0n) is 15.9. The lowest BCUT2D eigenvalue weighted by Gasteiger charge is -2.43. The maximum atomic E-state index is 13.6. The number of ether oxygens (including phenoxy) is 1. The number of hydrogen-bond donors (Lipinski definition) is 2. The molecule has 1 aromatic rings. The summed E-state index contributed by atoms with van der Waals surface area (Å²) in [6.07, 6.45) is 1.07. The van der Waals surface area contributed by atoms with Gasteiger partial charge in [0.25, 0.3) is 0 Å². The smallest absolute Gasteiger partial charge is 0.444 e. The number of carbonyl (C=O) groups is 1. The molecule has 26 heavy (non-hydrogen) atoms. The lowest BCUT2D eigenvalue weighted by molar-refractivity contribution is -0.000749. The summed E-state index contributed by atoms with van der Waals surface area (Å²) in [5.41, 5.74) is -0.0899. The molecule has 0 bridgehead atoms. The molecule has 9 heteroatoms. The Kier molecular flexibility index (Phi) is 6.26. The summed E-state index contributed by atoms with van der Waals surface area (Å²) >= 11 is 0. The number of rotatable bonds is 3. The third-order valence-electron chi connectivity index (χ3n) is 4.48. The minimum Gasteiger partial charge on any atom is -0.444 e. The molecule has 2 N–H and O–H groups in total. The molecule has 1 fully saturated rings. The summed E-state index contributed by atoms with van der Waals surface area (Å²) in [5, 5.41) is 18.5. The fourth-order valence-corrected chi connectivity index (χ4v) is 3.12. The van der Waals surface area contributed by atoms with Crippen LogP contribution in [0.1, 0.15) is 46.2 Å². The molecule has 1 aliphatic heterocycles. The Hall–Kier alpha value is -1.71. The van der Waals surface area contributed by atoms with Gasteiger partial charge in [-0.25, -0.2) is 9.78 Å². The Labute approximate surface area is 153 Å². The standard InChI is InChI=1S/C17H27BFN3O4/c1-11-10-21(16(23)26-17(3,4)5)6-7-22(11)12(2)13-8-14(18(24)25)15(19)20-9-13/h8-9,11-12,24-25H,6-7,10H2,1-5H3/t11?,12-/m0/s1. The minimum atomic E-state index is -1.91. The number of nitrogens with zero attached hydrogens (tertiary/aromatic N) is 3. The van der Waals surface area contributed by atoms with Crippen molar-refractivity contribution in [3.05, 3.63) is 23.8 Å². The minimum absolute atomic E-state index is 0.0545. The zero-order valence-corrected chi connectivity index (χ0v) is 15.9. The molecule has 2 atom stereocenters. The molecule has 144 valence electrons. The molecule has 1 aromatic heterocycles. The Morgan fingerprint density at radius 2 is 2.08 bits per heavy atom. The number of halogens is 1.